The van der Waals surface area contributed by atoms with E-state index in [-0.39, 0.29) is 18.1 Å². The molecule has 0 aliphatic carbocycles. The summed E-state index contributed by atoms with van der Waals surface area (Å²) >= 11 is 7.26. The Morgan fingerprint density at radius 2 is 2.00 bits per heavy atom. The molecular weight excluding hydrogens is 410 g/mol. The van der Waals surface area contributed by atoms with Crippen molar-refractivity contribution in [3.05, 3.63) is 92.3 Å². The van der Waals surface area contributed by atoms with Crippen LogP contribution in [-0.2, 0) is 6.61 Å². The van der Waals surface area contributed by atoms with Gasteiger partial charge in [-0.1, -0.05) is 17.7 Å². The van der Waals surface area contributed by atoms with Crippen molar-refractivity contribution in [2.45, 2.75) is 13.5 Å². The minimum Gasteiger partial charge on any atom is -0.487 e. The van der Waals surface area contributed by atoms with Crippen LogP contribution in [0.2, 0.25) is 5.02 Å². The Bertz CT molecular complexity index is 1250. The van der Waals surface area contributed by atoms with E-state index in [1.807, 2.05) is 12.3 Å². The first kappa shape index (κ1) is 19.2. The van der Waals surface area contributed by atoms with Crippen molar-refractivity contribution in [1.29, 1.82) is 0 Å². The SMILES string of the molecule is Cc1csc2nc(COc3cccc(NC(=O)c4ccc(Cl)cc4)c3)cc(=O)n12. The van der Waals surface area contributed by atoms with Crippen molar-refractivity contribution in [3.8, 4) is 5.75 Å². The number of halogens is 1. The van der Waals surface area contributed by atoms with Crippen LogP contribution in [0.4, 0.5) is 5.69 Å². The molecule has 8 heteroatoms. The molecule has 0 saturated heterocycles. The van der Waals surface area contributed by atoms with E-state index in [4.69, 9.17) is 16.3 Å². The van der Waals surface area contributed by atoms with E-state index < -0.39 is 0 Å². The highest BCUT2D eigenvalue weighted by Gasteiger charge is 2.09. The predicted octanol–water partition coefficient (Wildman–Crippen LogP) is 4.55. The lowest BCUT2D eigenvalue weighted by Crippen LogP contribution is -2.16. The number of amides is 1. The molecule has 0 aliphatic rings. The number of ether oxygens (including phenoxy) is 1. The number of hydrogen-bond donors (Lipinski definition) is 1. The van der Waals surface area contributed by atoms with Crippen LogP contribution in [0.5, 0.6) is 5.75 Å². The van der Waals surface area contributed by atoms with Gasteiger partial charge in [0.25, 0.3) is 11.5 Å². The topological polar surface area (TPSA) is 72.7 Å². The maximum atomic E-state index is 12.3. The van der Waals surface area contributed by atoms with Crippen LogP contribution in [0, 0.1) is 6.92 Å². The Balaban J connectivity index is 1.46. The lowest BCUT2D eigenvalue weighted by Gasteiger charge is -2.09. The molecule has 0 spiro atoms. The first-order valence-corrected chi connectivity index (χ1v) is 10.0. The normalized spacial score (nSPS) is 10.8. The average molecular weight is 426 g/mol. The van der Waals surface area contributed by atoms with Crippen molar-refractivity contribution >= 4 is 39.5 Å². The molecule has 4 rings (SSSR count). The molecule has 1 amide bonds. The molecule has 146 valence electrons. The van der Waals surface area contributed by atoms with Gasteiger partial charge in [0, 0.05) is 39.5 Å². The summed E-state index contributed by atoms with van der Waals surface area (Å²) in [4.78, 5) is 29.7. The summed E-state index contributed by atoms with van der Waals surface area (Å²) in [6.45, 7) is 2.02. The number of rotatable bonds is 5. The number of anilines is 1. The van der Waals surface area contributed by atoms with Crippen molar-refractivity contribution in [1.82, 2.24) is 9.38 Å². The van der Waals surface area contributed by atoms with E-state index in [9.17, 15) is 9.59 Å². The molecule has 2 heterocycles. The number of carbonyl (C=O) groups is 1. The van der Waals surface area contributed by atoms with Gasteiger partial charge < -0.3 is 10.1 Å². The fourth-order valence-electron chi connectivity index (χ4n) is 2.80. The summed E-state index contributed by atoms with van der Waals surface area (Å²) < 4.78 is 7.34. The molecule has 0 fully saturated rings. The summed E-state index contributed by atoms with van der Waals surface area (Å²) in [7, 11) is 0. The predicted molar refractivity (Wildman–Crippen MR) is 114 cm³/mol. The van der Waals surface area contributed by atoms with Gasteiger partial charge in [-0.15, -0.1) is 11.3 Å². The number of thiazole rings is 1. The van der Waals surface area contributed by atoms with E-state index in [1.54, 1.807) is 52.9 Å². The van der Waals surface area contributed by atoms with E-state index in [0.717, 1.165) is 5.69 Å². The van der Waals surface area contributed by atoms with E-state index in [0.29, 0.717) is 32.7 Å². The van der Waals surface area contributed by atoms with Gasteiger partial charge in [-0.3, -0.25) is 14.0 Å². The molecule has 29 heavy (non-hydrogen) atoms. The van der Waals surface area contributed by atoms with Gasteiger partial charge in [-0.2, -0.15) is 0 Å². The summed E-state index contributed by atoms with van der Waals surface area (Å²) in [5.74, 6) is 0.315. The highest BCUT2D eigenvalue weighted by Crippen LogP contribution is 2.20. The molecular formula is C21H16ClN3O3S. The number of aromatic nitrogens is 2. The number of nitrogens with one attached hydrogen (secondary N) is 1. The molecule has 0 radical (unpaired) electrons. The molecule has 0 saturated carbocycles. The fourth-order valence-corrected chi connectivity index (χ4v) is 3.82. The smallest absolute Gasteiger partial charge is 0.259 e. The number of hydrogen-bond acceptors (Lipinski definition) is 5. The highest BCUT2D eigenvalue weighted by atomic mass is 35.5. The lowest BCUT2D eigenvalue weighted by atomic mass is 10.2. The molecule has 6 nitrogen and oxygen atoms in total. The van der Waals surface area contributed by atoms with Gasteiger partial charge in [0.15, 0.2) is 4.96 Å². The minimum absolute atomic E-state index is 0.128. The monoisotopic (exact) mass is 425 g/mol. The van der Waals surface area contributed by atoms with Gasteiger partial charge in [0.05, 0.1) is 5.69 Å². The van der Waals surface area contributed by atoms with E-state index in [2.05, 4.69) is 10.3 Å². The maximum absolute atomic E-state index is 12.3. The standard InChI is InChI=1S/C21H16ClN3O3S/c1-13-12-29-21-24-17(10-19(26)25(13)21)11-28-18-4-2-3-16(9-18)23-20(27)14-5-7-15(22)8-6-14/h2-10,12H,11H2,1H3,(H,23,27). The summed E-state index contributed by atoms with van der Waals surface area (Å²) in [5, 5.41) is 5.28. The zero-order valence-corrected chi connectivity index (χ0v) is 17.0. The van der Waals surface area contributed by atoms with Crippen LogP contribution in [0.15, 0.2) is 64.8 Å². The third-order valence-corrected chi connectivity index (χ3v) is 5.41. The number of carbonyl (C=O) groups excluding carboxylic acids is 1. The molecule has 0 bridgehead atoms. The van der Waals surface area contributed by atoms with Crippen molar-refractivity contribution in [2.75, 3.05) is 5.32 Å². The van der Waals surface area contributed by atoms with Crippen molar-refractivity contribution in [3.63, 3.8) is 0 Å². The minimum atomic E-state index is -0.243. The molecule has 0 unspecified atom stereocenters. The summed E-state index contributed by atoms with van der Waals surface area (Å²) in [6.07, 6.45) is 0. The Hall–Kier alpha value is -3.16. The number of aryl methyl sites for hydroxylation is 1. The van der Waals surface area contributed by atoms with Crippen LogP contribution in [0.3, 0.4) is 0 Å². The first-order valence-electron chi connectivity index (χ1n) is 8.76. The molecule has 0 atom stereocenters. The van der Waals surface area contributed by atoms with Gasteiger partial charge in [-0.05, 0) is 43.3 Å². The van der Waals surface area contributed by atoms with E-state index in [1.165, 1.54) is 17.4 Å². The van der Waals surface area contributed by atoms with Gasteiger partial charge in [-0.25, -0.2) is 4.98 Å². The number of benzene rings is 2. The quantitative estimate of drug-likeness (QED) is 0.509. The molecule has 4 aromatic rings. The van der Waals surface area contributed by atoms with Gasteiger partial charge >= 0.3 is 0 Å². The molecule has 0 aliphatic heterocycles. The molecule has 2 aromatic heterocycles. The van der Waals surface area contributed by atoms with Crippen LogP contribution in [0.25, 0.3) is 4.96 Å². The largest absolute Gasteiger partial charge is 0.487 e. The van der Waals surface area contributed by atoms with Crippen molar-refractivity contribution < 1.29 is 9.53 Å². The number of fused-ring (bicyclic) bond motifs is 1. The summed E-state index contributed by atoms with van der Waals surface area (Å²) in [6, 6.07) is 15.2. The van der Waals surface area contributed by atoms with Crippen LogP contribution >= 0.6 is 22.9 Å². The second-order valence-corrected chi connectivity index (χ2v) is 7.63. The zero-order valence-electron chi connectivity index (χ0n) is 15.4. The van der Waals surface area contributed by atoms with Crippen molar-refractivity contribution in [2.24, 2.45) is 0 Å². The molecule has 2 aromatic carbocycles. The average Bonchev–Trinajstić information content (AvgIpc) is 3.08. The first-order chi connectivity index (χ1) is 14.0. The van der Waals surface area contributed by atoms with Crippen LogP contribution < -0.4 is 15.6 Å². The number of nitrogens with zero attached hydrogens (tertiary/aromatic N) is 2. The Kier molecular flexibility index (Phi) is 5.33. The Labute approximate surface area is 175 Å². The second kappa shape index (κ2) is 8.06. The second-order valence-electron chi connectivity index (χ2n) is 6.36. The zero-order chi connectivity index (χ0) is 20.4. The van der Waals surface area contributed by atoms with Gasteiger partial charge in [0.1, 0.15) is 12.4 Å². The lowest BCUT2D eigenvalue weighted by molar-refractivity contribution is 0.102. The van der Waals surface area contributed by atoms with Crippen LogP contribution in [-0.4, -0.2) is 15.3 Å². The third kappa shape index (κ3) is 4.31. The Morgan fingerprint density at radius 3 is 2.79 bits per heavy atom. The Morgan fingerprint density at radius 1 is 1.21 bits per heavy atom. The highest BCUT2D eigenvalue weighted by molar-refractivity contribution is 7.15. The third-order valence-electron chi connectivity index (χ3n) is 4.21. The van der Waals surface area contributed by atoms with E-state index >= 15 is 0 Å². The van der Waals surface area contributed by atoms with Gasteiger partial charge in [0.2, 0.25) is 0 Å². The fraction of sp³-hybridized carbons (Fsp3) is 0.0952. The summed E-state index contributed by atoms with van der Waals surface area (Å²) in [5.41, 5.74) is 2.38. The van der Waals surface area contributed by atoms with Crippen LogP contribution in [0.1, 0.15) is 21.7 Å². The molecule has 1 N–H and O–H groups in total. The maximum Gasteiger partial charge on any atom is 0.259 e.